The first kappa shape index (κ1) is 14.0. The molecule has 1 fully saturated rings. The van der Waals surface area contributed by atoms with Crippen LogP contribution in [0.1, 0.15) is 50.0 Å². The molecule has 1 aliphatic carbocycles. The average molecular weight is 264 g/mol. The maximum atomic E-state index is 14.0. The van der Waals surface area contributed by atoms with Crippen LogP contribution in [-0.4, -0.2) is 13.1 Å². The van der Waals surface area contributed by atoms with Crippen molar-refractivity contribution in [3.8, 4) is 0 Å². The molecule has 1 saturated carbocycles. The minimum absolute atomic E-state index is 0.141. The smallest absolute Gasteiger partial charge is 0.305 e. The quantitative estimate of drug-likeness (QED) is 0.608. The van der Waals surface area contributed by atoms with Crippen LogP contribution < -0.4 is 0 Å². The molecular formula is C16H21FO2. The number of halogens is 1. The van der Waals surface area contributed by atoms with Crippen molar-refractivity contribution in [1.29, 1.82) is 0 Å². The molecule has 2 nitrogen and oxygen atoms in total. The third-order valence-corrected chi connectivity index (χ3v) is 4.12. The van der Waals surface area contributed by atoms with Crippen LogP contribution in [0.4, 0.5) is 4.39 Å². The van der Waals surface area contributed by atoms with Crippen molar-refractivity contribution >= 4 is 5.97 Å². The van der Waals surface area contributed by atoms with Gasteiger partial charge in [-0.1, -0.05) is 37.5 Å². The van der Waals surface area contributed by atoms with Gasteiger partial charge in [0.2, 0.25) is 0 Å². The monoisotopic (exact) mass is 264 g/mol. The summed E-state index contributed by atoms with van der Waals surface area (Å²) in [5.41, 5.74) is 0.762. The standard InChI is InChI=1S/C16H21FO2/c1-19-16(18)11-12-7-3-2-4-8-13(12)14-9-5-6-10-15(14)17/h5-6,9-10,12-13H,2-4,7-8,11H2,1H3. The van der Waals surface area contributed by atoms with Crippen molar-refractivity contribution in [1.82, 2.24) is 0 Å². The molecule has 0 N–H and O–H groups in total. The van der Waals surface area contributed by atoms with E-state index in [0.717, 1.165) is 31.2 Å². The number of hydrogen-bond donors (Lipinski definition) is 0. The van der Waals surface area contributed by atoms with Gasteiger partial charge in [-0.2, -0.15) is 0 Å². The Morgan fingerprint density at radius 1 is 1.26 bits per heavy atom. The Morgan fingerprint density at radius 3 is 2.74 bits per heavy atom. The lowest BCUT2D eigenvalue weighted by Gasteiger charge is -2.25. The summed E-state index contributed by atoms with van der Waals surface area (Å²) in [6.07, 6.45) is 5.73. The molecule has 0 radical (unpaired) electrons. The first-order chi connectivity index (χ1) is 9.22. The molecule has 2 unspecified atom stereocenters. The number of carbonyl (C=O) groups is 1. The molecule has 0 bridgehead atoms. The van der Waals surface area contributed by atoms with Crippen LogP contribution in [0.2, 0.25) is 0 Å². The maximum absolute atomic E-state index is 14.0. The topological polar surface area (TPSA) is 26.3 Å². The third-order valence-electron chi connectivity index (χ3n) is 4.12. The molecule has 1 aliphatic rings. The molecule has 2 atom stereocenters. The fraction of sp³-hybridized carbons (Fsp3) is 0.562. The summed E-state index contributed by atoms with van der Waals surface area (Å²) in [7, 11) is 1.41. The Bertz CT molecular complexity index is 431. The van der Waals surface area contributed by atoms with Gasteiger partial charge in [0.15, 0.2) is 0 Å². The molecule has 0 spiro atoms. The van der Waals surface area contributed by atoms with Crippen LogP contribution in [0, 0.1) is 11.7 Å². The number of hydrogen-bond acceptors (Lipinski definition) is 2. The van der Waals surface area contributed by atoms with Crippen molar-refractivity contribution in [2.45, 2.75) is 44.4 Å². The number of esters is 1. The summed E-state index contributed by atoms with van der Waals surface area (Å²) in [5.74, 6) is 0.00663. The van der Waals surface area contributed by atoms with E-state index >= 15 is 0 Å². The Morgan fingerprint density at radius 2 is 2.00 bits per heavy atom. The first-order valence-corrected chi connectivity index (χ1v) is 7.03. The third kappa shape index (κ3) is 3.55. The predicted octanol–water partition coefficient (Wildman–Crippen LogP) is 4.05. The van der Waals surface area contributed by atoms with Crippen LogP contribution >= 0.6 is 0 Å². The van der Waals surface area contributed by atoms with E-state index in [4.69, 9.17) is 4.74 Å². The normalized spacial score (nSPS) is 23.7. The molecule has 19 heavy (non-hydrogen) atoms. The highest BCUT2D eigenvalue weighted by Crippen LogP contribution is 2.39. The van der Waals surface area contributed by atoms with Gasteiger partial charge in [-0.15, -0.1) is 0 Å². The van der Waals surface area contributed by atoms with E-state index in [1.807, 2.05) is 12.1 Å². The average Bonchev–Trinajstić information content (AvgIpc) is 2.65. The fourth-order valence-corrected chi connectivity index (χ4v) is 3.11. The van der Waals surface area contributed by atoms with Crippen LogP contribution in [0.5, 0.6) is 0 Å². The number of ether oxygens (including phenoxy) is 1. The van der Waals surface area contributed by atoms with Gasteiger partial charge in [-0.05, 0) is 36.3 Å². The molecular weight excluding hydrogens is 243 g/mol. The summed E-state index contributed by atoms with van der Waals surface area (Å²) in [5, 5.41) is 0. The van der Waals surface area contributed by atoms with E-state index in [-0.39, 0.29) is 23.6 Å². The zero-order valence-electron chi connectivity index (χ0n) is 11.4. The molecule has 0 aliphatic heterocycles. The lowest BCUT2D eigenvalue weighted by Crippen LogP contribution is -2.18. The fourth-order valence-electron chi connectivity index (χ4n) is 3.11. The van der Waals surface area contributed by atoms with Crippen LogP contribution in [0.25, 0.3) is 0 Å². The summed E-state index contributed by atoms with van der Waals surface area (Å²) in [4.78, 5) is 11.5. The van der Waals surface area contributed by atoms with Gasteiger partial charge in [0.1, 0.15) is 5.82 Å². The highest BCUT2D eigenvalue weighted by Gasteiger charge is 2.28. The second kappa shape index (κ2) is 6.69. The van der Waals surface area contributed by atoms with Crippen LogP contribution in [-0.2, 0) is 9.53 Å². The van der Waals surface area contributed by atoms with Gasteiger partial charge in [-0.3, -0.25) is 4.79 Å². The molecule has 0 heterocycles. The summed E-state index contributed by atoms with van der Waals surface area (Å²) < 4.78 is 18.8. The first-order valence-electron chi connectivity index (χ1n) is 7.03. The minimum Gasteiger partial charge on any atom is -0.469 e. The minimum atomic E-state index is -0.187. The lowest BCUT2D eigenvalue weighted by molar-refractivity contribution is -0.142. The molecule has 2 rings (SSSR count). The molecule has 1 aromatic carbocycles. The van der Waals surface area contributed by atoms with Crippen molar-refractivity contribution in [3.05, 3.63) is 35.6 Å². The SMILES string of the molecule is COC(=O)CC1CCCCCC1c1ccccc1F. The second-order valence-corrected chi connectivity index (χ2v) is 5.31. The van der Waals surface area contributed by atoms with Crippen molar-refractivity contribution in [2.75, 3.05) is 7.11 Å². The van der Waals surface area contributed by atoms with E-state index < -0.39 is 0 Å². The number of rotatable bonds is 3. The highest BCUT2D eigenvalue weighted by atomic mass is 19.1. The molecule has 0 saturated heterocycles. The lowest BCUT2D eigenvalue weighted by atomic mass is 9.80. The van der Waals surface area contributed by atoms with E-state index in [2.05, 4.69) is 0 Å². The maximum Gasteiger partial charge on any atom is 0.305 e. The van der Waals surface area contributed by atoms with Crippen LogP contribution in [0.15, 0.2) is 24.3 Å². The van der Waals surface area contributed by atoms with Crippen molar-refractivity contribution in [3.63, 3.8) is 0 Å². The zero-order valence-corrected chi connectivity index (χ0v) is 11.4. The molecule has 3 heteroatoms. The van der Waals surface area contributed by atoms with Crippen molar-refractivity contribution in [2.24, 2.45) is 5.92 Å². The van der Waals surface area contributed by atoms with Gasteiger partial charge in [-0.25, -0.2) is 4.39 Å². The zero-order chi connectivity index (χ0) is 13.7. The Kier molecular flexibility index (Phi) is 4.94. The van der Waals surface area contributed by atoms with E-state index in [9.17, 15) is 9.18 Å². The number of carbonyl (C=O) groups excluding carboxylic acids is 1. The number of benzene rings is 1. The highest BCUT2D eigenvalue weighted by molar-refractivity contribution is 5.69. The van der Waals surface area contributed by atoms with Gasteiger partial charge >= 0.3 is 5.97 Å². The Balaban J connectivity index is 2.22. The Labute approximate surface area is 114 Å². The van der Waals surface area contributed by atoms with Gasteiger partial charge in [0, 0.05) is 6.42 Å². The largest absolute Gasteiger partial charge is 0.469 e. The van der Waals surface area contributed by atoms with E-state index in [0.29, 0.717) is 6.42 Å². The molecule has 0 aromatic heterocycles. The van der Waals surface area contributed by atoms with E-state index in [1.165, 1.54) is 19.6 Å². The van der Waals surface area contributed by atoms with Crippen LogP contribution in [0.3, 0.4) is 0 Å². The van der Waals surface area contributed by atoms with Gasteiger partial charge < -0.3 is 4.74 Å². The molecule has 1 aromatic rings. The summed E-state index contributed by atoms with van der Waals surface area (Å²) in [6.45, 7) is 0. The molecule has 104 valence electrons. The van der Waals surface area contributed by atoms with Gasteiger partial charge in [0.25, 0.3) is 0 Å². The predicted molar refractivity (Wildman–Crippen MR) is 72.3 cm³/mol. The summed E-state index contributed by atoms with van der Waals surface area (Å²) in [6, 6.07) is 6.95. The summed E-state index contributed by atoms with van der Waals surface area (Å²) >= 11 is 0. The number of methoxy groups -OCH3 is 1. The second-order valence-electron chi connectivity index (χ2n) is 5.31. The molecule has 0 amide bonds. The van der Waals surface area contributed by atoms with Crippen molar-refractivity contribution < 1.29 is 13.9 Å². The van der Waals surface area contributed by atoms with E-state index in [1.54, 1.807) is 6.07 Å². The Hall–Kier alpha value is -1.38. The van der Waals surface area contributed by atoms with Gasteiger partial charge in [0.05, 0.1) is 7.11 Å².